The van der Waals surface area contributed by atoms with Crippen molar-refractivity contribution in [3.05, 3.63) is 15.9 Å². The molecule has 16 heavy (non-hydrogen) atoms. The molecule has 0 spiro atoms. The molecule has 2 nitrogen and oxygen atoms in total. The fourth-order valence-corrected chi connectivity index (χ4v) is 2.53. The van der Waals surface area contributed by atoms with E-state index in [2.05, 4.69) is 69.3 Å². The molecule has 1 aromatic heterocycles. The Kier molecular flexibility index (Phi) is 5.51. The maximum Gasteiger partial charge on any atom is 0.0738 e. The summed E-state index contributed by atoms with van der Waals surface area (Å²) in [4.78, 5) is 0.583. The van der Waals surface area contributed by atoms with Crippen LogP contribution in [-0.2, 0) is 13.0 Å². The third-order valence-electron chi connectivity index (χ3n) is 2.98. The molecule has 0 amide bonds. The van der Waals surface area contributed by atoms with Crippen LogP contribution in [0.3, 0.4) is 0 Å². The second kappa shape index (κ2) is 6.20. The van der Waals surface area contributed by atoms with Crippen molar-refractivity contribution < 1.29 is 0 Å². The van der Waals surface area contributed by atoms with Crippen molar-refractivity contribution in [2.24, 2.45) is 5.92 Å². The Morgan fingerprint density at radius 1 is 1.38 bits per heavy atom. The summed E-state index contributed by atoms with van der Waals surface area (Å²) in [5.41, 5.74) is 2.41. The molecule has 1 aromatic rings. The van der Waals surface area contributed by atoms with Gasteiger partial charge in [-0.2, -0.15) is 5.10 Å². The van der Waals surface area contributed by atoms with Gasteiger partial charge in [0.05, 0.1) is 15.9 Å². The number of halogens is 2. The maximum absolute atomic E-state index is 4.52. The lowest BCUT2D eigenvalue weighted by atomic mass is 10.00. The molecular weight excluding hydrogens is 332 g/mol. The van der Waals surface area contributed by atoms with Crippen LogP contribution in [0.5, 0.6) is 0 Å². The normalized spacial score (nSPS) is 15.1. The maximum atomic E-state index is 4.52. The molecule has 0 saturated carbocycles. The summed E-state index contributed by atoms with van der Waals surface area (Å²) in [6.07, 6.45) is 2.23. The fraction of sp³-hybridized carbons (Fsp3) is 0.750. The van der Waals surface area contributed by atoms with Crippen LogP contribution in [0.15, 0.2) is 4.47 Å². The van der Waals surface area contributed by atoms with Gasteiger partial charge in [-0.15, -0.1) is 0 Å². The third-order valence-corrected chi connectivity index (χ3v) is 5.56. The van der Waals surface area contributed by atoms with E-state index in [9.17, 15) is 0 Å². The minimum atomic E-state index is 0.583. The molecule has 0 N–H and O–H groups in total. The molecule has 92 valence electrons. The first-order valence-electron chi connectivity index (χ1n) is 5.87. The number of hydrogen-bond donors (Lipinski definition) is 0. The summed E-state index contributed by atoms with van der Waals surface area (Å²) in [6.45, 7) is 9.63. The number of aromatic nitrogens is 2. The molecule has 1 rings (SSSR count). The number of rotatable bonds is 5. The highest BCUT2D eigenvalue weighted by Crippen LogP contribution is 2.27. The van der Waals surface area contributed by atoms with E-state index < -0.39 is 0 Å². The summed E-state index contributed by atoms with van der Waals surface area (Å²) in [7, 11) is 0. The molecule has 1 heterocycles. The summed E-state index contributed by atoms with van der Waals surface area (Å²) < 4.78 is 3.28. The van der Waals surface area contributed by atoms with Gasteiger partial charge in [0.2, 0.25) is 0 Å². The molecule has 0 fully saturated rings. The molecule has 2 unspecified atom stereocenters. The largest absolute Gasteiger partial charge is 0.268 e. The van der Waals surface area contributed by atoms with E-state index in [4.69, 9.17) is 0 Å². The van der Waals surface area contributed by atoms with E-state index >= 15 is 0 Å². The van der Waals surface area contributed by atoms with Gasteiger partial charge in [-0.1, -0.05) is 29.8 Å². The van der Waals surface area contributed by atoms with Gasteiger partial charge in [-0.05, 0) is 48.5 Å². The molecule has 0 aliphatic heterocycles. The average Bonchev–Trinajstić information content (AvgIpc) is 2.55. The van der Waals surface area contributed by atoms with Crippen LogP contribution in [-0.4, -0.2) is 14.6 Å². The summed E-state index contributed by atoms with van der Waals surface area (Å²) in [5, 5.41) is 4.52. The molecule has 0 aliphatic carbocycles. The van der Waals surface area contributed by atoms with Gasteiger partial charge < -0.3 is 0 Å². The van der Waals surface area contributed by atoms with E-state index in [1.165, 1.54) is 10.2 Å². The first-order chi connectivity index (χ1) is 7.51. The van der Waals surface area contributed by atoms with Crippen molar-refractivity contribution >= 4 is 31.9 Å². The summed E-state index contributed by atoms with van der Waals surface area (Å²) in [6, 6.07) is 0. The predicted molar refractivity (Wildman–Crippen MR) is 76.2 cm³/mol. The van der Waals surface area contributed by atoms with Crippen molar-refractivity contribution in [1.29, 1.82) is 0 Å². The van der Waals surface area contributed by atoms with Crippen molar-refractivity contribution in [2.75, 3.05) is 0 Å². The van der Waals surface area contributed by atoms with Gasteiger partial charge in [-0.25, -0.2) is 0 Å². The minimum absolute atomic E-state index is 0.583. The molecule has 2 atom stereocenters. The van der Waals surface area contributed by atoms with Crippen LogP contribution in [0.2, 0.25) is 0 Å². The minimum Gasteiger partial charge on any atom is -0.268 e. The average molecular weight is 352 g/mol. The van der Waals surface area contributed by atoms with Crippen LogP contribution in [0, 0.1) is 12.8 Å². The Morgan fingerprint density at radius 3 is 2.50 bits per heavy atom. The second-order valence-corrected chi connectivity index (χ2v) is 6.24. The summed E-state index contributed by atoms with van der Waals surface area (Å²) >= 11 is 7.38. The Hall–Kier alpha value is 0.170. The standard InChI is InChI=1S/C12H20Br2N2/c1-5-10(13)8(3)7-11-12(14)9(4)15-16(11)6-2/h8,10H,5-7H2,1-4H3. The lowest BCUT2D eigenvalue weighted by Crippen LogP contribution is -2.15. The lowest BCUT2D eigenvalue weighted by Gasteiger charge is -2.17. The van der Waals surface area contributed by atoms with Crippen molar-refractivity contribution in [2.45, 2.75) is 51.9 Å². The van der Waals surface area contributed by atoms with E-state index in [-0.39, 0.29) is 0 Å². The molecular formula is C12H20Br2N2. The van der Waals surface area contributed by atoms with Crippen LogP contribution in [0.1, 0.15) is 38.6 Å². The zero-order chi connectivity index (χ0) is 12.3. The van der Waals surface area contributed by atoms with Gasteiger partial charge in [0, 0.05) is 11.4 Å². The summed E-state index contributed by atoms with van der Waals surface area (Å²) in [5.74, 6) is 0.628. The van der Waals surface area contributed by atoms with Gasteiger partial charge in [0.1, 0.15) is 0 Å². The quantitative estimate of drug-likeness (QED) is 0.722. The fourth-order valence-electron chi connectivity index (χ4n) is 1.90. The van der Waals surface area contributed by atoms with Gasteiger partial charge in [0.15, 0.2) is 0 Å². The first-order valence-corrected chi connectivity index (χ1v) is 7.57. The predicted octanol–water partition coefficient (Wildman–Crippen LogP) is 4.33. The highest BCUT2D eigenvalue weighted by atomic mass is 79.9. The van der Waals surface area contributed by atoms with Crippen molar-refractivity contribution in [1.82, 2.24) is 9.78 Å². The molecule has 0 aromatic carbocycles. The van der Waals surface area contributed by atoms with Crippen LogP contribution in [0.4, 0.5) is 0 Å². The van der Waals surface area contributed by atoms with Crippen molar-refractivity contribution in [3.63, 3.8) is 0 Å². The van der Waals surface area contributed by atoms with Crippen LogP contribution < -0.4 is 0 Å². The van der Waals surface area contributed by atoms with E-state index in [0.717, 1.165) is 25.1 Å². The smallest absolute Gasteiger partial charge is 0.0738 e. The Morgan fingerprint density at radius 2 is 2.00 bits per heavy atom. The molecule has 0 aliphatic rings. The van der Waals surface area contributed by atoms with Gasteiger partial charge >= 0.3 is 0 Å². The Bertz CT molecular complexity index is 347. The van der Waals surface area contributed by atoms with Crippen LogP contribution in [0.25, 0.3) is 0 Å². The highest BCUT2D eigenvalue weighted by molar-refractivity contribution is 9.10. The highest BCUT2D eigenvalue weighted by Gasteiger charge is 2.18. The van der Waals surface area contributed by atoms with Crippen LogP contribution >= 0.6 is 31.9 Å². The monoisotopic (exact) mass is 350 g/mol. The lowest BCUT2D eigenvalue weighted by molar-refractivity contribution is 0.508. The molecule has 0 radical (unpaired) electrons. The zero-order valence-electron chi connectivity index (χ0n) is 10.4. The molecule has 0 saturated heterocycles. The van der Waals surface area contributed by atoms with Gasteiger partial charge in [0.25, 0.3) is 0 Å². The first kappa shape index (κ1) is 14.2. The molecule has 4 heteroatoms. The van der Waals surface area contributed by atoms with Gasteiger partial charge in [-0.3, -0.25) is 4.68 Å². The Labute approximate surface area is 115 Å². The SMILES string of the molecule is CCC(Br)C(C)Cc1c(Br)c(C)nn1CC. The topological polar surface area (TPSA) is 17.8 Å². The molecule has 0 bridgehead atoms. The number of alkyl halides is 1. The number of hydrogen-bond acceptors (Lipinski definition) is 1. The van der Waals surface area contributed by atoms with E-state index in [1.54, 1.807) is 0 Å². The Balaban J connectivity index is 2.87. The number of nitrogens with zero attached hydrogens (tertiary/aromatic N) is 2. The van der Waals surface area contributed by atoms with Crippen molar-refractivity contribution in [3.8, 4) is 0 Å². The third kappa shape index (κ3) is 3.10. The second-order valence-electron chi connectivity index (χ2n) is 4.27. The number of aryl methyl sites for hydroxylation is 2. The van der Waals surface area contributed by atoms with E-state index in [0.29, 0.717) is 10.7 Å². The van der Waals surface area contributed by atoms with E-state index in [1.807, 2.05) is 0 Å². The zero-order valence-corrected chi connectivity index (χ0v) is 13.6.